The number of hydrogen-bond acceptors (Lipinski definition) is 4. The van der Waals surface area contributed by atoms with Crippen LogP contribution in [-0.2, 0) is 9.53 Å². The maximum atomic E-state index is 10.8. The van der Waals surface area contributed by atoms with E-state index in [4.69, 9.17) is 16.3 Å². The standard InChI is InChI=1S/C13H15ClO4/c1-17-12(15)4-2-3-9-18-11-7-5-10(6-8-11)13(14)16/h5-8H,2-4,9H2,1H3. The van der Waals surface area contributed by atoms with Crippen LogP contribution in [0.3, 0.4) is 0 Å². The van der Waals surface area contributed by atoms with Gasteiger partial charge >= 0.3 is 5.97 Å². The summed E-state index contributed by atoms with van der Waals surface area (Å²) in [5.41, 5.74) is 0.440. The molecule has 0 bridgehead atoms. The van der Waals surface area contributed by atoms with E-state index in [1.54, 1.807) is 24.3 Å². The summed E-state index contributed by atoms with van der Waals surface area (Å²) in [7, 11) is 1.37. The maximum absolute atomic E-state index is 10.8. The Morgan fingerprint density at radius 1 is 1.17 bits per heavy atom. The number of rotatable bonds is 7. The fourth-order valence-electron chi connectivity index (χ4n) is 1.35. The molecule has 98 valence electrons. The summed E-state index contributed by atoms with van der Waals surface area (Å²) in [4.78, 5) is 21.7. The fraction of sp³-hybridized carbons (Fsp3) is 0.385. The van der Waals surface area contributed by atoms with Crippen LogP contribution in [0, 0.1) is 0 Å². The van der Waals surface area contributed by atoms with E-state index in [0.717, 1.165) is 12.8 Å². The van der Waals surface area contributed by atoms with Gasteiger partial charge < -0.3 is 9.47 Å². The van der Waals surface area contributed by atoms with Crippen molar-refractivity contribution in [3.63, 3.8) is 0 Å². The van der Waals surface area contributed by atoms with Gasteiger partial charge in [-0.1, -0.05) is 0 Å². The number of benzene rings is 1. The molecule has 0 aliphatic carbocycles. The fourth-order valence-corrected chi connectivity index (χ4v) is 1.47. The first-order valence-corrected chi connectivity index (χ1v) is 6.01. The second kappa shape index (κ2) is 7.71. The van der Waals surface area contributed by atoms with E-state index >= 15 is 0 Å². The molecular weight excluding hydrogens is 256 g/mol. The Kier molecular flexibility index (Phi) is 6.22. The van der Waals surface area contributed by atoms with Crippen molar-refractivity contribution < 1.29 is 19.1 Å². The predicted octanol–water partition coefficient (Wildman–Crippen LogP) is 2.79. The number of carbonyl (C=O) groups is 2. The minimum Gasteiger partial charge on any atom is -0.494 e. The van der Waals surface area contributed by atoms with Crippen LogP contribution in [0.2, 0.25) is 0 Å². The minimum atomic E-state index is -0.486. The topological polar surface area (TPSA) is 52.6 Å². The van der Waals surface area contributed by atoms with Gasteiger partial charge in [0.2, 0.25) is 0 Å². The molecule has 0 amide bonds. The van der Waals surface area contributed by atoms with Crippen molar-refractivity contribution >= 4 is 22.8 Å². The summed E-state index contributed by atoms with van der Waals surface area (Å²) in [6, 6.07) is 6.60. The molecule has 0 atom stereocenters. The van der Waals surface area contributed by atoms with Gasteiger partial charge in [-0.25, -0.2) is 0 Å². The third-order valence-electron chi connectivity index (χ3n) is 2.35. The molecule has 0 spiro atoms. The largest absolute Gasteiger partial charge is 0.494 e. The van der Waals surface area contributed by atoms with Crippen LogP contribution in [0.15, 0.2) is 24.3 Å². The summed E-state index contributed by atoms with van der Waals surface area (Å²) in [6.07, 6.45) is 1.90. The minimum absolute atomic E-state index is 0.208. The Bertz CT molecular complexity index is 400. The van der Waals surface area contributed by atoms with Crippen LogP contribution in [0.5, 0.6) is 5.75 Å². The van der Waals surface area contributed by atoms with Gasteiger partial charge in [0.05, 0.1) is 13.7 Å². The second-order valence-corrected chi connectivity index (χ2v) is 4.02. The first-order chi connectivity index (χ1) is 8.63. The third kappa shape index (κ3) is 5.19. The molecule has 5 heteroatoms. The van der Waals surface area contributed by atoms with E-state index in [9.17, 15) is 9.59 Å². The van der Waals surface area contributed by atoms with E-state index in [1.165, 1.54) is 7.11 Å². The van der Waals surface area contributed by atoms with Crippen molar-refractivity contribution in [2.24, 2.45) is 0 Å². The highest BCUT2D eigenvalue weighted by Crippen LogP contribution is 2.14. The van der Waals surface area contributed by atoms with E-state index in [2.05, 4.69) is 4.74 Å². The molecular formula is C13H15ClO4. The van der Waals surface area contributed by atoms with Crippen molar-refractivity contribution in [1.29, 1.82) is 0 Å². The molecule has 0 aliphatic heterocycles. The zero-order chi connectivity index (χ0) is 13.4. The molecule has 4 nitrogen and oxygen atoms in total. The summed E-state index contributed by atoms with van der Waals surface area (Å²) in [6.45, 7) is 0.519. The summed E-state index contributed by atoms with van der Waals surface area (Å²) in [5.74, 6) is 0.467. The van der Waals surface area contributed by atoms with Gasteiger partial charge in [-0.15, -0.1) is 0 Å². The lowest BCUT2D eigenvalue weighted by Crippen LogP contribution is -2.02. The number of carbonyl (C=O) groups excluding carboxylic acids is 2. The normalized spacial score (nSPS) is 9.89. The monoisotopic (exact) mass is 270 g/mol. The summed E-state index contributed by atoms with van der Waals surface area (Å²) in [5, 5.41) is -0.486. The number of unbranched alkanes of at least 4 members (excludes halogenated alkanes) is 1. The lowest BCUT2D eigenvalue weighted by Gasteiger charge is -2.06. The quantitative estimate of drug-likeness (QED) is 0.434. The van der Waals surface area contributed by atoms with Crippen LogP contribution in [0.4, 0.5) is 0 Å². The third-order valence-corrected chi connectivity index (χ3v) is 2.57. The number of halogens is 1. The number of esters is 1. The van der Waals surface area contributed by atoms with E-state index in [-0.39, 0.29) is 5.97 Å². The van der Waals surface area contributed by atoms with Crippen LogP contribution >= 0.6 is 11.6 Å². The van der Waals surface area contributed by atoms with Crippen molar-refractivity contribution in [1.82, 2.24) is 0 Å². The zero-order valence-electron chi connectivity index (χ0n) is 10.1. The van der Waals surface area contributed by atoms with Gasteiger partial charge in [0, 0.05) is 12.0 Å². The molecule has 1 aromatic carbocycles. The second-order valence-electron chi connectivity index (χ2n) is 3.68. The lowest BCUT2D eigenvalue weighted by atomic mass is 10.2. The average molecular weight is 271 g/mol. The Labute approximate surface area is 111 Å². The molecule has 18 heavy (non-hydrogen) atoms. The predicted molar refractivity (Wildman–Crippen MR) is 68.0 cm³/mol. The van der Waals surface area contributed by atoms with Gasteiger partial charge in [0.25, 0.3) is 5.24 Å². The Hall–Kier alpha value is -1.55. The van der Waals surface area contributed by atoms with Crippen LogP contribution in [0.1, 0.15) is 29.6 Å². The molecule has 0 N–H and O–H groups in total. The molecule has 0 unspecified atom stereocenters. The molecule has 1 aromatic rings. The molecule has 0 saturated heterocycles. The van der Waals surface area contributed by atoms with Gasteiger partial charge in [-0.2, -0.15) is 0 Å². The average Bonchev–Trinajstić information content (AvgIpc) is 2.38. The molecule has 1 rings (SSSR count). The van der Waals surface area contributed by atoms with Gasteiger partial charge in [-0.3, -0.25) is 9.59 Å². The van der Waals surface area contributed by atoms with Crippen molar-refractivity contribution in [2.45, 2.75) is 19.3 Å². The molecule has 0 heterocycles. The highest BCUT2D eigenvalue weighted by atomic mass is 35.5. The summed E-state index contributed by atoms with van der Waals surface area (Å²) < 4.78 is 9.98. The van der Waals surface area contributed by atoms with Gasteiger partial charge in [-0.05, 0) is 48.7 Å². The Morgan fingerprint density at radius 2 is 1.83 bits per heavy atom. The molecule has 0 radical (unpaired) electrons. The summed E-state index contributed by atoms with van der Waals surface area (Å²) >= 11 is 5.32. The van der Waals surface area contributed by atoms with Gasteiger partial charge in [0.1, 0.15) is 5.75 Å². The van der Waals surface area contributed by atoms with Crippen LogP contribution < -0.4 is 4.74 Å². The van der Waals surface area contributed by atoms with Crippen molar-refractivity contribution in [2.75, 3.05) is 13.7 Å². The van der Waals surface area contributed by atoms with Crippen molar-refractivity contribution in [3.05, 3.63) is 29.8 Å². The number of hydrogen-bond donors (Lipinski definition) is 0. The Balaban J connectivity index is 2.23. The smallest absolute Gasteiger partial charge is 0.305 e. The highest BCUT2D eigenvalue weighted by Gasteiger charge is 2.02. The molecule has 0 aliphatic rings. The number of methoxy groups -OCH3 is 1. The first-order valence-electron chi connectivity index (χ1n) is 5.63. The van der Waals surface area contributed by atoms with E-state index < -0.39 is 5.24 Å². The molecule has 0 aromatic heterocycles. The van der Waals surface area contributed by atoms with Crippen LogP contribution in [0.25, 0.3) is 0 Å². The van der Waals surface area contributed by atoms with Crippen molar-refractivity contribution in [3.8, 4) is 5.75 Å². The molecule has 0 fully saturated rings. The molecule has 0 saturated carbocycles. The van der Waals surface area contributed by atoms with E-state index in [0.29, 0.717) is 24.3 Å². The lowest BCUT2D eigenvalue weighted by molar-refractivity contribution is -0.140. The first kappa shape index (κ1) is 14.5. The Morgan fingerprint density at radius 3 is 2.39 bits per heavy atom. The van der Waals surface area contributed by atoms with Crippen LogP contribution in [-0.4, -0.2) is 24.9 Å². The zero-order valence-corrected chi connectivity index (χ0v) is 10.9. The maximum Gasteiger partial charge on any atom is 0.305 e. The van der Waals surface area contributed by atoms with Gasteiger partial charge in [0.15, 0.2) is 0 Å². The highest BCUT2D eigenvalue weighted by molar-refractivity contribution is 6.67. The van der Waals surface area contributed by atoms with E-state index in [1.807, 2.05) is 0 Å². The number of ether oxygens (including phenoxy) is 2. The SMILES string of the molecule is COC(=O)CCCCOc1ccc(C(=O)Cl)cc1.